The monoisotopic (exact) mass is 268 g/mol. The number of carbonyl (C=O) groups excluding carboxylic acids is 1. The molecular formula is C14H21FN2O2. The maximum Gasteiger partial charge on any atom is 0.242 e. The fourth-order valence-corrected chi connectivity index (χ4v) is 1.81. The van der Waals surface area contributed by atoms with Gasteiger partial charge in [-0.3, -0.25) is 4.79 Å². The molecular weight excluding hydrogens is 247 g/mol. The Kier molecular flexibility index (Phi) is 5.92. The minimum Gasteiger partial charge on any atom is -0.383 e. The summed E-state index contributed by atoms with van der Waals surface area (Å²) in [5, 5.41) is 0. The molecule has 0 aromatic heterocycles. The van der Waals surface area contributed by atoms with Gasteiger partial charge < -0.3 is 15.4 Å². The second kappa shape index (κ2) is 7.21. The summed E-state index contributed by atoms with van der Waals surface area (Å²) in [5.74, 6) is -0.504. The molecule has 2 N–H and O–H groups in total. The molecule has 0 bridgehead atoms. The Bertz CT molecular complexity index is 424. The Morgan fingerprint density at radius 3 is 2.68 bits per heavy atom. The molecule has 0 aliphatic heterocycles. The highest BCUT2D eigenvalue weighted by atomic mass is 19.1. The third-order valence-electron chi connectivity index (χ3n) is 2.81. The number of benzene rings is 1. The van der Waals surface area contributed by atoms with Crippen molar-refractivity contribution in [3.8, 4) is 0 Å². The highest BCUT2D eigenvalue weighted by Gasteiger charge is 2.23. The van der Waals surface area contributed by atoms with Gasteiger partial charge in [0.25, 0.3) is 0 Å². The highest BCUT2D eigenvalue weighted by Crippen LogP contribution is 2.11. The van der Waals surface area contributed by atoms with Crippen molar-refractivity contribution in [1.29, 1.82) is 0 Å². The van der Waals surface area contributed by atoms with Crippen molar-refractivity contribution in [2.75, 3.05) is 13.7 Å². The van der Waals surface area contributed by atoms with E-state index in [1.54, 1.807) is 17.0 Å². The SMILES string of the molecule is COCC(N)C(=O)N(Cc1cccc(F)c1)C(C)C. The van der Waals surface area contributed by atoms with Gasteiger partial charge in [0.2, 0.25) is 5.91 Å². The van der Waals surface area contributed by atoms with Crippen LogP contribution in [-0.4, -0.2) is 36.6 Å². The molecule has 0 heterocycles. The zero-order chi connectivity index (χ0) is 14.4. The summed E-state index contributed by atoms with van der Waals surface area (Å²) in [6.07, 6.45) is 0. The number of hydrogen-bond donors (Lipinski definition) is 1. The van der Waals surface area contributed by atoms with Crippen molar-refractivity contribution in [2.24, 2.45) is 5.73 Å². The molecule has 1 amide bonds. The van der Waals surface area contributed by atoms with Crippen LogP contribution in [-0.2, 0) is 16.1 Å². The molecule has 19 heavy (non-hydrogen) atoms. The van der Waals surface area contributed by atoms with Gasteiger partial charge in [-0.1, -0.05) is 12.1 Å². The molecule has 106 valence electrons. The van der Waals surface area contributed by atoms with E-state index in [1.807, 2.05) is 13.8 Å². The summed E-state index contributed by atoms with van der Waals surface area (Å²) in [6, 6.07) is 5.50. The second-order valence-corrected chi connectivity index (χ2v) is 4.75. The smallest absolute Gasteiger partial charge is 0.242 e. The normalized spacial score (nSPS) is 12.5. The quantitative estimate of drug-likeness (QED) is 0.851. The van der Waals surface area contributed by atoms with Crippen molar-refractivity contribution in [3.05, 3.63) is 35.6 Å². The van der Waals surface area contributed by atoms with Gasteiger partial charge in [0, 0.05) is 19.7 Å². The molecule has 0 aliphatic carbocycles. The number of ether oxygens (including phenoxy) is 1. The molecule has 1 unspecified atom stereocenters. The van der Waals surface area contributed by atoms with E-state index < -0.39 is 6.04 Å². The van der Waals surface area contributed by atoms with Gasteiger partial charge in [-0.25, -0.2) is 4.39 Å². The molecule has 0 saturated carbocycles. The number of amides is 1. The van der Waals surface area contributed by atoms with Gasteiger partial charge in [0.1, 0.15) is 11.9 Å². The summed E-state index contributed by atoms with van der Waals surface area (Å²) < 4.78 is 18.0. The van der Waals surface area contributed by atoms with Crippen LogP contribution < -0.4 is 5.73 Å². The second-order valence-electron chi connectivity index (χ2n) is 4.75. The Morgan fingerprint density at radius 2 is 2.16 bits per heavy atom. The Balaban J connectivity index is 2.81. The molecule has 1 rings (SSSR count). The zero-order valence-electron chi connectivity index (χ0n) is 11.6. The summed E-state index contributed by atoms with van der Waals surface area (Å²) in [7, 11) is 1.50. The molecule has 5 heteroatoms. The Labute approximate surface area is 113 Å². The molecule has 0 fully saturated rings. The molecule has 0 saturated heterocycles. The first-order chi connectivity index (χ1) is 8.95. The van der Waals surface area contributed by atoms with E-state index in [0.29, 0.717) is 6.54 Å². The van der Waals surface area contributed by atoms with Crippen molar-refractivity contribution in [3.63, 3.8) is 0 Å². The van der Waals surface area contributed by atoms with E-state index in [0.717, 1.165) is 5.56 Å². The van der Waals surface area contributed by atoms with Crippen LogP contribution in [0.2, 0.25) is 0 Å². The molecule has 1 aromatic rings. The van der Waals surface area contributed by atoms with Crippen LogP contribution in [0.1, 0.15) is 19.4 Å². The molecule has 1 aromatic carbocycles. The number of halogens is 1. The maximum atomic E-state index is 13.2. The lowest BCUT2D eigenvalue weighted by molar-refractivity contribution is -0.136. The van der Waals surface area contributed by atoms with Gasteiger partial charge in [-0.2, -0.15) is 0 Å². The van der Waals surface area contributed by atoms with E-state index in [4.69, 9.17) is 10.5 Å². The standard InChI is InChI=1S/C14H21FN2O2/c1-10(2)17(14(18)13(16)9-19-3)8-11-5-4-6-12(15)7-11/h4-7,10,13H,8-9,16H2,1-3H3. The highest BCUT2D eigenvalue weighted by molar-refractivity contribution is 5.82. The van der Waals surface area contributed by atoms with Crippen molar-refractivity contribution in [1.82, 2.24) is 4.90 Å². The van der Waals surface area contributed by atoms with Crippen LogP contribution in [0.4, 0.5) is 4.39 Å². The summed E-state index contributed by atoms with van der Waals surface area (Å²) >= 11 is 0. The van der Waals surface area contributed by atoms with Crippen LogP contribution in [0, 0.1) is 5.82 Å². The first-order valence-electron chi connectivity index (χ1n) is 6.25. The van der Waals surface area contributed by atoms with Gasteiger partial charge in [-0.05, 0) is 31.5 Å². The zero-order valence-corrected chi connectivity index (χ0v) is 11.6. The largest absolute Gasteiger partial charge is 0.383 e. The lowest BCUT2D eigenvalue weighted by atomic mass is 10.1. The lowest BCUT2D eigenvalue weighted by Gasteiger charge is -2.29. The van der Waals surface area contributed by atoms with Crippen molar-refractivity contribution < 1.29 is 13.9 Å². The van der Waals surface area contributed by atoms with Crippen molar-refractivity contribution in [2.45, 2.75) is 32.5 Å². The van der Waals surface area contributed by atoms with E-state index in [2.05, 4.69) is 0 Å². The first kappa shape index (κ1) is 15.6. The van der Waals surface area contributed by atoms with E-state index in [1.165, 1.54) is 19.2 Å². The minimum atomic E-state index is -0.694. The lowest BCUT2D eigenvalue weighted by Crippen LogP contribution is -2.48. The van der Waals surface area contributed by atoms with Gasteiger partial charge in [0.15, 0.2) is 0 Å². The molecule has 0 spiro atoms. The fourth-order valence-electron chi connectivity index (χ4n) is 1.81. The Morgan fingerprint density at radius 1 is 1.47 bits per heavy atom. The van der Waals surface area contributed by atoms with Gasteiger partial charge in [-0.15, -0.1) is 0 Å². The van der Waals surface area contributed by atoms with E-state index >= 15 is 0 Å². The topological polar surface area (TPSA) is 55.6 Å². The predicted octanol–water partition coefficient (Wildman–Crippen LogP) is 1.54. The van der Waals surface area contributed by atoms with Crippen LogP contribution >= 0.6 is 0 Å². The average Bonchev–Trinajstić information content (AvgIpc) is 2.35. The van der Waals surface area contributed by atoms with Gasteiger partial charge >= 0.3 is 0 Å². The average molecular weight is 268 g/mol. The number of hydrogen-bond acceptors (Lipinski definition) is 3. The number of nitrogens with two attached hydrogens (primary N) is 1. The molecule has 0 radical (unpaired) electrons. The number of nitrogens with zero attached hydrogens (tertiary/aromatic N) is 1. The van der Waals surface area contributed by atoms with Crippen LogP contribution in [0.5, 0.6) is 0 Å². The number of carbonyl (C=O) groups is 1. The van der Waals surface area contributed by atoms with Crippen molar-refractivity contribution >= 4 is 5.91 Å². The summed E-state index contributed by atoms with van der Waals surface area (Å²) in [6.45, 7) is 4.31. The third kappa shape index (κ3) is 4.61. The Hall–Kier alpha value is -1.46. The van der Waals surface area contributed by atoms with Crippen LogP contribution in [0.3, 0.4) is 0 Å². The fraction of sp³-hybridized carbons (Fsp3) is 0.500. The maximum absolute atomic E-state index is 13.2. The predicted molar refractivity (Wildman–Crippen MR) is 71.9 cm³/mol. The summed E-state index contributed by atoms with van der Waals surface area (Å²) in [4.78, 5) is 13.8. The molecule has 4 nitrogen and oxygen atoms in total. The number of rotatable bonds is 6. The first-order valence-corrected chi connectivity index (χ1v) is 6.25. The van der Waals surface area contributed by atoms with Gasteiger partial charge in [0.05, 0.1) is 6.61 Å². The number of methoxy groups -OCH3 is 1. The summed E-state index contributed by atoms with van der Waals surface area (Å²) in [5.41, 5.74) is 6.50. The third-order valence-corrected chi connectivity index (χ3v) is 2.81. The van der Waals surface area contributed by atoms with E-state index in [9.17, 15) is 9.18 Å². The molecule has 0 aliphatic rings. The molecule has 1 atom stereocenters. The van der Waals surface area contributed by atoms with Crippen LogP contribution in [0.25, 0.3) is 0 Å². The van der Waals surface area contributed by atoms with E-state index in [-0.39, 0.29) is 24.4 Å². The van der Waals surface area contributed by atoms with Crippen LogP contribution in [0.15, 0.2) is 24.3 Å². The minimum absolute atomic E-state index is 0.0151.